The van der Waals surface area contributed by atoms with E-state index in [0.29, 0.717) is 28.4 Å². The molecular weight excluding hydrogens is 342 g/mol. The molecule has 0 aliphatic carbocycles. The van der Waals surface area contributed by atoms with E-state index >= 15 is 0 Å². The Morgan fingerprint density at radius 1 is 1.28 bits per heavy atom. The minimum Gasteiger partial charge on any atom is -0.382 e. The second-order valence-electron chi connectivity index (χ2n) is 5.33. The number of benzene rings is 1. The number of methoxy groups -OCH3 is 1. The summed E-state index contributed by atoms with van der Waals surface area (Å²) in [5, 5.41) is 6.01. The molecule has 2 N–H and O–H groups in total. The maximum atomic E-state index is 12.7. The predicted octanol–water partition coefficient (Wildman–Crippen LogP) is 3.20. The van der Waals surface area contributed by atoms with E-state index in [0.717, 1.165) is 0 Å². The lowest BCUT2D eigenvalue weighted by Crippen LogP contribution is -2.32. The quantitative estimate of drug-likeness (QED) is 0.793. The molecule has 1 atom stereocenters. The molecule has 0 saturated carbocycles. The molecule has 0 aliphatic heterocycles. The first-order chi connectivity index (χ1) is 12.0. The molecule has 0 fully saturated rings. The van der Waals surface area contributed by atoms with Crippen molar-refractivity contribution in [3.05, 3.63) is 58.9 Å². The number of nitrogens with one attached hydrogen (secondary N) is 2. The predicted molar refractivity (Wildman–Crippen MR) is 96.7 cm³/mol. The Morgan fingerprint density at radius 3 is 2.72 bits per heavy atom. The van der Waals surface area contributed by atoms with Crippen LogP contribution in [0.3, 0.4) is 0 Å². The zero-order chi connectivity index (χ0) is 18.2. The van der Waals surface area contributed by atoms with Gasteiger partial charge in [-0.15, -0.1) is 0 Å². The average molecular weight is 362 g/mol. The Labute approximate surface area is 151 Å². The van der Waals surface area contributed by atoms with Gasteiger partial charge in [-0.05, 0) is 30.3 Å². The van der Waals surface area contributed by atoms with E-state index in [2.05, 4.69) is 15.6 Å². The van der Waals surface area contributed by atoms with Crippen LogP contribution in [0.2, 0.25) is 5.02 Å². The van der Waals surface area contributed by atoms with Gasteiger partial charge >= 0.3 is 0 Å². The smallest absolute Gasteiger partial charge is 0.254 e. The SMILES string of the molecule is CCC(=O)Nc1cc(Cl)ccc1C(=O)N[C@H](COC)c1ccccn1. The molecule has 6 nitrogen and oxygen atoms in total. The number of anilines is 1. The molecule has 0 bridgehead atoms. The molecule has 2 amide bonds. The zero-order valence-corrected chi connectivity index (χ0v) is 14.8. The van der Waals surface area contributed by atoms with Crippen molar-refractivity contribution in [3.8, 4) is 0 Å². The van der Waals surface area contributed by atoms with E-state index < -0.39 is 6.04 Å². The van der Waals surface area contributed by atoms with Gasteiger partial charge in [-0.2, -0.15) is 0 Å². The van der Waals surface area contributed by atoms with E-state index in [1.165, 1.54) is 0 Å². The Hall–Kier alpha value is -2.44. The summed E-state index contributed by atoms with van der Waals surface area (Å²) in [7, 11) is 1.55. The summed E-state index contributed by atoms with van der Waals surface area (Å²) in [6.07, 6.45) is 1.95. The molecule has 7 heteroatoms. The van der Waals surface area contributed by atoms with Crippen LogP contribution < -0.4 is 10.6 Å². The van der Waals surface area contributed by atoms with Gasteiger partial charge in [0.1, 0.15) is 0 Å². The second-order valence-corrected chi connectivity index (χ2v) is 5.76. The standard InChI is InChI=1S/C18H20ClN3O3/c1-3-17(23)21-15-10-12(19)7-8-13(15)18(24)22-16(11-25-2)14-6-4-5-9-20-14/h4-10,16H,3,11H2,1-2H3,(H,21,23)(H,22,24)/t16-/m1/s1. The van der Waals surface area contributed by atoms with Crippen LogP contribution in [0.25, 0.3) is 0 Å². The third-order valence-corrected chi connectivity index (χ3v) is 3.74. The molecule has 1 aromatic heterocycles. The summed E-state index contributed by atoms with van der Waals surface area (Å²) in [5.41, 5.74) is 1.38. The van der Waals surface area contributed by atoms with Gasteiger partial charge in [0.2, 0.25) is 5.91 Å². The van der Waals surface area contributed by atoms with Gasteiger partial charge in [0.05, 0.1) is 29.6 Å². The Kier molecular flexibility index (Phi) is 6.91. The summed E-state index contributed by atoms with van der Waals surface area (Å²) in [4.78, 5) is 28.7. The molecular formula is C18H20ClN3O3. The van der Waals surface area contributed by atoms with Crippen LogP contribution in [0, 0.1) is 0 Å². The van der Waals surface area contributed by atoms with Crippen LogP contribution in [-0.2, 0) is 9.53 Å². The van der Waals surface area contributed by atoms with E-state index in [4.69, 9.17) is 16.3 Å². The van der Waals surface area contributed by atoms with Crippen molar-refractivity contribution in [2.75, 3.05) is 19.0 Å². The number of halogens is 1. The third-order valence-electron chi connectivity index (χ3n) is 3.50. The fourth-order valence-corrected chi connectivity index (χ4v) is 2.41. The number of rotatable bonds is 7. The summed E-state index contributed by atoms with van der Waals surface area (Å²) in [6.45, 7) is 2.00. The molecule has 2 aromatic rings. The number of hydrogen-bond acceptors (Lipinski definition) is 4. The second kappa shape index (κ2) is 9.15. The van der Waals surface area contributed by atoms with Gasteiger partial charge in [0.25, 0.3) is 5.91 Å². The van der Waals surface area contributed by atoms with Crippen molar-refractivity contribution in [3.63, 3.8) is 0 Å². The first-order valence-electron chi connectivity index (χ1n) is 7.85. The molecule has 2 rings (SSSR count). The summed E-state index contributed by atoms with van der Waals surface area (Å²) in [5.74, 6) is -0.551. The third kappa shape index (κ3) is 5.27. The molecule has 25 heavy (non-hydrogen) atoms. The van der Waals surface area contributed by atoms with Gasteiger partial charge < -0.3 is 15.4 Å². The van der Waals surface area contributed by atoms with Gasteiger partial charge in [0, 0.05) is 24.8 Å². The largest absolute Gasteiger partial charge is 0.382 e. The monoisotopic (exact) mass is 361 g/mol. The molecule has 132 valence electrons. The number of aromatic nitrogens is 1. The minimum absolute atomic E-state index is 0.200. The van der Waals surface area contributed by atoms with Crippen LogP contribution in [0.1, 0.15) is 35.4 Å². The molecule has 0 spiro atoms. The first kappa shape index (κ1) is 18.9. The Morgan fingerprint density at radius 2 is 2.08 bits per heavy atom. The van der Waals surface area contributed by atoms with Crippen molar-refractivity contribution in [1.29, 1.82) is 0 Å². The topological polar surface area (TPSA) is 80.3 Å². The molecule has 0 unspecified atom stereocenters. The van der Waals surface area contributed by atoms with Gasteiger partial charge in [-0.1, -0.05) is 24.6 Å². The van der Waals surface area contributed by atoms with Crippen molar-refractivity contribution < 1.29 is 14.3 Å². The zero-order valence-electron chi connectivity index (χ0n) is 14.1. The average Bonchev–Trinajstić information content (AvgIpc) is 2.62. The molecule has 1 aromatic carbocycles. The minimum atomic E-state index is -0.413. The fraction of sp³-hybridized carbons (Fsp3) is 0.278. The molecule has 1 heterocycles. The van der Waals surface area contributed by atoms with Crippen LogP contribution in [-0.4, -0.2) is 30.5 Å². The van der Waals surface area contributed by atoms with E-state index in [9.17, 15) is 9.59 Å². The van der Waals surface area contributed by atoms with Crippen LogP contribution >= 0.6 is 11.6 Å². The lowest BCUT2D eigenvalue weighted by Gasteiger charge is -2.19. The normalized spacial score (nSPS) is 11.6. The van der Waals surface area contributed by atoms with Crippen LogP contribution in [0.15, 0.2) is 42.6 Å². The maximum Gasteiger partial charge on any atom is 0.254 e. The molecule has 0 radical (unpaired) electrons. The lowest BCUT2D eigenvalue weighted by molar-refractivity contribution is -0.115. The summed E-state index contributed by atoms with van der Waals surface area (Å²) >= 11 is 5.99. The highest BCUT2D eigenvalue weighted by atomic mass is 35.5. The highest BCUT2D eigenvalue weighted by Crippen LogP contribution is 2.22. The van der Waals surface area contributed by atoms with Crippen molar-refractivity contribution in [2.45, 2.75) is 19.4 Å². The maximum absolute atomic E-state index is 12.7. The molecule has 0 saturated heterocycles. The highest BCUT2D eigenvalue weighted by molar-refractivity contribution is 6.31. The van der Waals surface area contributed by atoms with Crippen LogP contribution in [0.4, 0.5) is 5.69 Å². The summed E-state index contributed by atoms with van der Waals surface area (Å²) < 4.78 is 5.18. The number of nitrogens with zero attached hydrogens (tertiary/aromatic N) is 1. The highest BCUT2D eigenvalue weighted by Gasteiger charge is 2.19. The van der Waals surface area contributed by atoms with Crippen molar-refractivity contribution in [2.24, 2.45) is 0 Å². The number of hydrogen-bond donors (Lipinski definition) is 2. The van der Waals surface area contributed by atoms with E-state index in [1.807, 2.05) is 12.1 Å². The van der Waals surface area contributed by atoms with Gasteiger partial charge in [-0.25, -0.2) is 0 Å². The fourth-order valence-electron chi connectivity index (χ4n) is 2.24. The van der Waals surface area contributed by atoms with E-state index in [-0.39, 0.29) is 18.4 Å². The Bertz CT molecular complexity index is 738. The van der Waals surface area contributed by atoms with E-state index in [1.54, 1.807) is 44.5 Å². The van der Waals surface area contributed by atoms with Crippen LogP contribution in [0.5, 0.6) is 0 Å². The number of ether oxygens (including phenoxy) is 1. The van der Waals surface area contributed by atoms with Crippen molar-refractivity contribution >= 4 is 29.1 Å². The van der Waals surface area contributed by atoms with Crippen molar-refractivity contribution in [1.82, 2.24) is 10.3 Å². The number of carbonyl (C=O) groups is 2. The Balaban J connectivity index is 2.25. The number of pyridine rings is 1. The first-order valence-corrected chi connectivity index (χ1v) is 8.23. The van der Waals surface area contributed by atoms with Gasteiger partial charge in [0.15, 0.2) is 0 Å². The van der Waals surface area contributed by atoms with Gasteiger partial charge in [-0.3, -0.25) is 14.6 Å². The number of carbonyl (C=O) groups excluding carboxylic acids is 2. The lowest BCUT2D eigenvalue weighted by atomic mass is 10.1. The number of amides is 2. The summed E-state index contributed by atoms with van der Waals surface area (Å²) in [6, 6.07) is 9.76. The molecule has 0 aliphatic rings.